The Balaban J connectivity index is 2.08. The molecule has 19 heavy (non-hydrogen) atoms. The van der Waals surface area contributed by atoms with Crippen LogP contribution in [-0.4, -0.2) is 59.8 Å². The summed E-state index contributed by atoms with van der Waals surface area (Å²) in [6.45, 7) is -0.435. The van der Waals surface area contributed by atoms with Crippen molar-refractivity contribution in [2.75, 3.05) is 6.61 Å². The number of imidazole rings is 1. The van der Waals surface area contributed by atoms with E-state index < -0.39 is 36.7 Å². The Morgan fingerprint density at radius 2 is 2.16 bits per heavy atom. The van der Waals surface area contributed by atoms with E-state index in [9.17, 15) is 15.0 Å². The van der Waals surface area contributed by atoms with E-state index in [0.29, 0.717) is 0 Å². The van der Waals surface area contributed by atoms with Gasteiger partial charge in [0.05, 0.1) is 12.9 Å². The van der Waals surface area contributed by atoms with Crippen molar-refractivity contribution in [2.45, 2.75) is 24.5 Å². The fourth-order valence-corrected chi connectivity index (χ4v) is 2.19. The lowest BCUT2D eigenvalue weighted by molar-refractivity contribution is -0.0509. The van der Waals surface area contributed by atoms with Crippen LogP contribution in [0.3, 0.4) is 0 Å². The summed E-state index contributed by atoms with van der Waals surface area (Å²) >= 11 is 0. The van der Waals surface area contributed by atoms with E-state index in [1.165, 1.54) is 17.2 Å². The highest BCUT2D eigenvalue weighted by atomic mass is 16.6. The molecule has 0 aliphatic carbocycles. The number of nitrogens with one attached hydrogen (secondary N) is 1. The zero-order chi connectivity index (χ0) is 13.6. The van der Waals surface area contributed by atoms with Gasteiger partial charge in [0.25, 0.3) is 5.56 Å². The smallest absolute Gasteiger partial charge is 0.277 e. The van der Waals surface area contributed by atoms with Crippen LogP contribution < -0.4 is 5.56 Å². The highest BCUT2D eigenvalue weighted by Gasteiger charge is 2.43. The van der Waals surface area contributed by atoms with Crippen LogP contribution in [0.4, 0.5) is 0 Å². The maximum absolute atomic E-state index is 11.8. The Kier molecular flexibility index (Phi) is 2.82. The number of aromatic nitrogens is 4. The quantitative estimate of drug-likeness (QED) is 0.482. The van der Waals surface area contributed by atoms with Gasteiger partial charge in [-0.25, -0.2) is 9.97 Å². The fourth-order valence-electron chi connectivity index (χ4n) is 2.19. The van der Waals surface area contributed by atoms with Crippen LogP contribution in [0, 0.1) is 0 Å². The molecule has 4 atom stereocenters. The van der Waals surface area contributed by atoms with E-state index in [-0.39, 0.29) is 11.2 Å². The van der Waals surface area contributed by atoms with Gasteiger partial charge >= 0.3 is 0 Å². The number of aliphatic hydroxyl groups excluding tert-OH is 3. The second-order valence-electron chi connectivity index (χ2n) is 4.28. The number of hydrogen-bond donors (Lipinski definition) is 4. The van der Waals surface area contributed by atoms with Gasteiger partial charge in [0.2, 0.25) is 0 Å². The molecule has 0 saturated carbocycles. The second kappa shape index (κ2) is 4.38. The van der Waals surface area contributed by atoms with Gasteiger partial charge in [0.15, 0.2) is 17.4 Å². The van der Waals surface area contributed by atoms with Crippen molar-refractivity contribution in [1.82, 2.24) is 19.5 Å². The number of aliphatic hydroxyl groups is 3. The van der Waals surface area contributed by atoms with Gasteiger partial charge in [-0.3, -0.25) is 9.36 Å². The number of rotatable bonds is 2. The summed E-state index contributed by atoms with van der Waals surface area (Å²) in [5.74, 6) is 0. The van der Waals surface area contributed by atoms with Crippen molar-refractivity contribution in [3.63, 3.8) is 0 Å². The first-order chi connectivity index (χ1) is 9.13. The lowest BCUT2D eigenvalue weighted by Crippen LogP contribution is -2.33. The molecule has 0 spiro atoms. The molecule has 0 radical (unpaired) electrons. The number of hydrogen-bond acceptors (Lipinski definition) is 7. The molecule has 0 aromatic carbocycles. The summed E-state index contributed by atoms with van der Waals surface area (Å²) < 4.78 is 6.63. The van der Waals surface area contributed by atoms with E-state index in [4.69, 9.17) is 9.84 Å². The van der Waals surface area contributed by atoms with E-state index in [1.54, 1.807) is 0 Å². The summed E-state index contributed by atoms with van der Waals surface area (Å²) in [5.41, 5.74) is -0.0842. The molecule has 1 saturated heterocycles. The Labute approximate surface area is 106 Å². The predicted molar refractivity (Wildman–Crippen MR) is 61.2 cm³/mol. The molecular weight excluding hydrogens is 256 g/mol. The molecule has 4 N–H and O–H groups in total. The van der Waals surface area contributed by atoms with Gasteiger partial charge in [0, 0.05) is 0 Å². The van der Waals surface area contributed by atoms with Crippen molar-refractivity contribution in [3.8, 4) is 0 Å². The van der Waals surface area contributed by atoms with Crippen molar-refractivity contribution in [1.29, 1.82) is 0 Å². The van der Waals surface area contributed by atoms with Gasteiger partial charge in [-0.2, -0.15) is 0 Å². The average molecular weight is 268 g/mol. The Hall–Kier alpha value is -1.81. The first kappa shape index (κ1) is 12.2. The van der Waals surface area contributed by atoms with Crippen LogP contribution in [0.5, 0.6) is 0 Å². The first-order valence-electron chi connectivity index (χ1n) is 5.66. The van der Waals surface area contributed by atoms with E-state index in [0.717, 1.165) is 0 Å². The second-order valence-corrected chi connectivity index (χ2v) is 4.28. The van der Waals surface area contributed by atoms with Crippen LogP contribution >= 0.6 is 0 Å². The maximum atomic E-state index is 11.8. The van der Waals surface area contributed by atoms with Crippen molar-refractivity contribution < 1.29 is 20.1 Å². The molecule has 2 aromatic heterocycles. The predicted octanol–water partition coefficient (Wildman–Crippen LogP) is -2.27. The SMILES string of the molecule is O=c1[nH]cnc2ncn(C3O[C@@H](CO)[C@H](O)[C@@H]3O)c12. The maximum Gasteiger partial charge on any atom is 0.277 e. The molecule has 0 bridgehead atoms. The van der Waals surface area contributed by atoms with E-state index >= 15 is 0 Å². The van der Waals surface area contributed by atoms with Gasteiger partial charge in [0.1, 0.15) is 24.6 Å². The molecule has 102 valence electrons. The van der Waals surface area contributed by atoms with Gasteiger partial charge in [-0.05, 0) is 0 Å². The monoisotopic (exact) mass is 268 g/mol. The molecule has 1 aliphatic rings. The van der Waals surface area contributed by atoms with Gasteiger partial charge < -0.3 is 25.0 Å². The number of aromatic amines is 1. The molecule has 1 unspecified atom stereocenters. The molecule has 3 rings (SSSR count). The van der Waals surface area contributed by atoms with Crippen molar-refractivity contribution in [3.05, 3.63) is 23.0 Å². The van der Waals surface area contributed by atoms with E-state index in [1.807, 2.05) is 0 Å². The van der Waals surface area contributed by atoms with Crippen LogP contribution in [0.25, 0.3) is 11.2 Å². The molecule has 3 heterocycles. The molecule has 2 aromatic rings. The van der Waals surface area contributed by atoms with Crippen molar-refractivity contribution in [2.24, 2.45) is 0 Å². The third-order valence-corrected chi connectivity index (χ3v) is 3.16. The molecule has 0 amide bonds. The van der Waals surface area contributed by atoms with Gasteiger partial charge in [-0.1, -0.05) is 0 Å². The van der Waals surface area contributed by atoms with Gasteiger partial charge in [-0.15, -0.1) is 0 Å². The number of ether oxygens (including phenoxy) is 1. The Morgan fingerprint density at radius 3 is 2.84 bits per heavy atom. The number of fused-ring (bicyclic) bond motifs is 1. The zero-order valence-electron chi connectivity index (χ0n) is 9.67. The normalized spacial score (nSPS) is 31.1. The number of nitrogens with zero attached hydrogens (tertiary/aromatic N) is 3. The molecular formula is C10H12N4O5. The minimum absolute atomic E-state index is 0.136. The van der Waals surface area contributed by atoms with Crippen LogP contribution in [0.1, 0.15) is 6.23 Å². The Bertz CT molecular complexity index is 653. The minimum Gasteiger partial charge on any atom is -0.394 e. The molecule has 1 aliphatic heterocycles. The average Bonchev–Trinajstić information content (AvgIpc) is 2.94. The Morgan fingerprint density at radius 1 is 1.37 bits per heavy atom. The number of H-pyrrole nitrogens is 1. The summed E-state index contributed by atoms with van der Waals surface area (Å²) in [6.07, 6.45) is -1.89. The van der Waals surface area contributed by atoms with Crippen LogP contribution in [0.2, 0.25) is 0 Å². The zero-order valence-corrected chi connectivity index (χ0v) is 9.67. The summed E-state index contributed by atoms with van der Waals surface area (Å²) in [5, 5.41) is 28.6. The summed E-state index contributed by atoms with van der Waals surface area (Å²) in [4.78, 5) is 22.0. The third-order valence-electron chi connectivity index (χ3n) is 3.16. The lowest BCUT2D eigenvalue weighted by Gasteiger charge is -2.16. The lowest BCUT2D eigenvalue weighted by atomic mass is 10.1. The van der Waals surface area contributed by atoms with Crippen molar-refractivity contribution >= 4 is 11.2 Å². The van der Waals surface area contributed by atoms with Crippen LogP contribution in [-0.2, 0) is 4.74 Å². The molecule has 9 nitrogen and oxygen atoms in total. The third kappa shape index (κ3) is 1.75. The molecule has 1 fully saturated rings. The largest absolute Gasteiger partial charge is 0.394 e. The summed E-state index contributed by atoms with van der Waals surface area (Å²) in [6, 6.07) is 0. The highest BCUT2D eigenvalue weighted by Crippen LogP contribution is 2.30. The topological polar surface area (TPSA) is 133 Å². The first-order valence-corrected chi connectivity index (χ1v) is 5.66. The van der Waals surface area contributed by atoms with Crippen LogP contribution in [0.15, 0.2) is 17.4 Å². The minimum atomic E-state index is -1.27. The van der Waals surface area contributed by atoms with E-state index in [2.05, 4.69) is 15.0 Å². The summed E-state index contributed by atoms with van der Waals surface area (Å²) in [7, 11) is 0. The fraction of sp³-hybridized carbons (Fsp3) is 0.500. The highest BCUT2D eigenvalue weighted by molar-refractivity contribution is 5.69. The molecule has 9 heteroatoms. The standard InChI is InChI=1S/C10H12N4O5/c15-1-4-6(16)7(17)10(19-4)14-3-13-8-5(14)9(18)12-2-11-8/h2-4,6-7,10,15-17H,1H2,(H,11,12,18)/t4-,6-,7-,10?/m0/s1.